The first-order valence-electron chi connectivity index (χ1n) is 8.21. The summed E-state index contributed by atoms with van der Waals surface area (Å²) in [6, 6.07) is 18.6. The molecule has 0 radical (unpaired) electrons. The van der Waals surface area contributed by atoms with Gasteiger partial charge in [0.25, 0.3) is 0 Å². The number of rotatable bonds is 7. The standard InChI is InChI=1S/C20H24N4/c1-4-24(14-8-13-21)20-12-11-18(17(2)15-20)16-22-23(3)19-9-6-5-7-10-19/h5-7,9-12,15-16H,4,8,14H2,1-3H3/b22-16-. The Morgan fingerprint density at radius 1 is 1.12 bits per heavy atom. The van der Waals surface area contributed by atoms with Crippen LogP contribution < -0.4 is 9.91 Å². The summed E-state index contributed by atoms with van der Waals surface area (Å²) in [6.07, 6.45) is 2.43. The number of hydrogen-bond donors (Lipinski definition) is 0. The van der Waals surface area contributed by atoms with E-state index in [-0.39, 0.29) is 0 Å². The Morgan fingerprint density at radius 3 is 2.50 bits per heavy atom. The SMILES string of the molecule is CCN(CCC#N)c1ccc(/C=N\N(C)c2ccccc2)c(C)c1. The highest BCUT2D eigenvalue weighted by molar-refractivity contribution is 5.83. The van der Waals surface area contributed by atoms with Gasteiger partial charge < -0.3 is 4.90 Å². The minimum Gasteiger partial charge on any atom is -0.371 e. The lowest BCUT2D eigenvalue weighted by molar-refractivity contribution is 0.826. The predicted octanol–water partition coefficient (Wildman–Crippen LogP) is 4.21. The van der Waals surface area contributed by atoms with E-state index in [9.17, 15) is 0 Å². The lowest BCUT2D eigenvalue weighted by atomic mass is 10.1. The van der Waals surface area contributed by atoms with E-state index in [0.29, 0.717) is 6.42 Å². The molecule has 0 atom stereocenters. The van der Waals surface area contributed by atoms with E-state index >= 15 is 0 Å². The number of benzene rings is 2. The first kappa shape index (κ1) is 17.6. The summed E-state index contributed by atoms with van der Waals surface area (Å²) in [6.45, 7) is 5.85. The molecule has 0 aliphatic rings. The number of hydrazone groups is 1. The summed E-state index contributed by atoms with van der Waals surface area (Å²) in [5, 5.41) is 15.2. The molecule has 0 fully saturated rings. The average molecular weight is 320 g/mol. The van der Waals surface area contributed by atoms with Crippen LogP contribution in [0.25, 0.3) is 0 Å². The fraction of sp³-hybridized carbons (Fsp3) is 0.300. The van der Waals surface area contributed by atoms with Gasteiger partial charge in [-0.05, 0) is 49.2 Å². The van der Waals surface area contributed by atoms with Gasteiger partial charge in [-0.25, -0.2) is 0 Å². The van der Waals surface area contributed by atoms with E-state index in [1.54, 1.807) is 0 Å². The molecule has 0 N–H and O–H groups in total. The van der Waals surface area contributed by atoms with Gasteiger partial charge in [0.1, 0.15) is 0 Å². The van der Waals surface area contributed by atoms with Crippen LogP contribution in [-0.2, 0) is 0 Å². The molecule has 4 heteroatoms. The number of aryl methyl sites for hydroxylation is 1. The Labute approximate surface area is 144 Å². The van der Waals surface area contributed by atoms with Gasteiger partial charge in [0.15, 0.2) is 0 Å². The summed E-state index contributed by atoms with van der Waals surface area (Å²) < 4.78 is 0. The smallest absolute Gasteiger partial charge is 0.0640 e. The van der Waals surface area contributed by atoms with Crippen LogP contribution in [0.4, 0.5) is 11.4 Å². The van der Waals surface area contributed by atoms with Crippen LogP contribution in [-0.4, -0.2) is 26.4 Å². The fourth-order valence-corrected chi connectivity index (χ4v) is 2.52. The maximum Gasteiger partial charge on any atom is 0.0640 e. The van der Waals surface area contributed by atoms with Gasteiger partial charge in [-0.2, -0.15) is 10.4 Å². The Hall–Kier alpha value is -2.80. The highest BCUT2D eigenvalue weighted by Gasteiger charge is 2.06. The molecule has 24 heavy (non-hydrogen) atoms. The molecule has 0 aliphatic heterocycles. The molecule has 0 saturated carbocycles. The average Bonchev–Trinajstić information content (AvgIpc) is 2.62. The minimum atomic E-state index is 0.540. The summed E-state index contributed by atoms with van der Waals surface area (Å²) in [4.78, 5) is 2.22. The summed E-state index contributed by atoms with van der Waals surface area (Å²) in [7, 11) is 1.94. The Kier molecular flexibility index (Phi) is 6.39. The maximum absolute atomic E-state index is 8.77. The monoisotopic (exact) mass is 320 g/mol. The largest absolute Gasteiger partial charge is 0.371 e. The van der Waals surface area contributed by atoms with Crippen LogP contribution in [0.15, 0.2) is 53.6 Å². The van der Waals surface area contributed by atoms with Gasteiger partial charge in [0.05, 0.1) is 24.4 Å². The Morgan fingerprint density at radius 2 is 1.88 bits per heavy atom. The molecule has 0 bridgehead atoms. The van der Waals surface area contributed by atoms with Crippen molar-refractivity contribution < 1.29 is 0 Å². The number of nitriles is 1. The zero-order valence-corrected chi connectivity index (χ0v) is 14.6. The summed E-state index contributed by atoms with van der Waals surface area (Å²) >= 11 is 0. The quantitative estimate of drug-likeness (QED) is 0.567. The first-order valence-corrected chi connectivity index (χ1v) is 8.21. The van der Waals surface area contributed by atoms with Gasteiger partial charge in [-0.3, -0.25) is 5.01 Å². The van der Waals surface area contributed by atoms with Gasteiger partial charge >= 0.3 is 0 Å². The second kappa shape index (κ2) is 8.73. The molecule has 0 saturated heterocycles. The van der Waals surface area contributed by atoms with Crippen LogP contribution in [0, 0.1) is 18.3 Å². The van der Waals surface area contributed by atoms with Gasteiger partial charge in [-0.1, -0.05) is 24.3 Å². The van der Waals surface area contributed by atoms with Crippen molar-refractivity contribution in [2.24, 2.45) is 5.10 Å². The van der Waals surface area contributed by atoms with E-state index in [2.05, 4.69) is 48.1 Å². The topological polar surface area (TPSA) is 42.6 Å². The molecule has 4 nitrogen and oxygen atoms in total. The van der Waals surface area contributed by atoms with Crippen LogP contribution in [0.2, 0.25) is 0 Å². The van der Waals surface area contributed by atoms with Crippen molar-refractivity contribution >= 4 is 17.6 Å². The molecule has 0 aliphatic carbocycles. The second-order valence-electron chi connectivity index (χ2n) is 5.63. The van der Waals surface area contributed by atoms with Crippen molar-refractivity contribution in [3.05, 3.63) is 59.7 Å². The van der Waals surface area contributed by atoms with Crippen molar-refractivity contribution in [2.45, 2.75) is 20.3 Å². The fourth-order valence-electron chi connectivity index (χ4n) is 2.52. The van der Waals surface area contributed by atoms with Crippen LogP contribution in [0.1, 0.15) is 24.5 Å². The minimum absolute atomic E-state index is 0.540. The molecule has 2 aromatic carbocycles. The van der Waals surface area contributed by atoms with Crippen LogP contribution in [0.5, 0.6) is 0 Å². The summed E-state index contributed by atoms with van der Waals surface area (Å²) in [5.41, 5.74) is 4.47. The molecule has 0 aromatic heterocycles. The van der Waals surface area contributed by atoms with Gasteiger partial charge in [-0.15, -0.1) is 0 Å². The van der Waals surface area contributed by atoms with Crippen molar-refractivity contribution in [1.82, 2.24) is 0 Å². The number of nitrogens with zero attached hydrogens (tertiary/aromatic N) is 4. The molecular weight excluding hydrogens is 296 g/mol. The lowest BCUT2D eigenvalue weighted by Crippen LogP contribution is -2.23. The van der Waals surface area contributed by atoms with Crippen LogP contribution in [0.3, 0.4) is 0 Å². The van der Waals surface area contributed by atoms with E-state index in [0.717, 1.165) is 30.0 Å². The molecule has 0 amide bonds. The van der Waals surface area contributed by atoms with E-state index in [4.69, 9.17) is 5.26 Å². The lowest BCUT2D eigenvalue weighted by Gasteiger charge is -2.22. The summed E-state index contributed by atoms with van der Waals surface area (Å²) in [5.74, 6) is 0. The molecule has 2 aromatic rings. The third kappa shape index (κ3) is 4.60. The van der Waals surface area contributed by atoms with E-state index < -0.39 is 0 Å². The van der Waals surface area contributed by atoms with Crippen molar-refractivity contribution in [2.75, 3.05) is 30.0 Å². The van der Waals surface area contributed by atoms with Crippen molar-refractivity contribution in [3.63, 3.8) is 0 Å². The van der Waals surface area contributed by atoms with E-state index in [1.165, 1.54) is 5.56 Å². The zero-order valence-electron chi connectivity index (χ0n) is 14.6. The second-order valence-corrected chi connectivity index (χ2v) is 5.63. The maximum atomic E-state index is 8.77. The number of para-hydroxylation sites is 1. The number of hydrogen-bond acceptors (Lipinski definition) is 4. The first-order chi connectivity index (χ1) is 11.7. The predicted molar refractivity (Wildman–Crippen MR) is 102 cm³/mol. The van der Waals surface area contributed by atoms with Crippen LogP contribution >= 0.6 is 0 Å². The molecule has 0 heterocycles. The van der Waals surface area contributed by atoms with Gasteiger partial charge in [0.2, 0.25) is 0 Å². The molecule has 0 spiro atoms. The van der Waals surface area contributed by atoms with Crippen molar-refractivity contribution in [1.29, 1.82) is 5.26 Å². The third-order valence-corrected chi connectivity index (χ3v) is 3.99. The Balaban J connectivity index is 2.12. The zero-order chi connectivity index (χ0) is 17.4. The van der Waals surface area contributed by atoms with Crippen molar-refractivity contribution in [3.8, 4) is 6.07 Å². The normalized spacial score (nSPS) is 10.6. The van der Waals surface area contributed by atoms with E-state index in [1.807, 2.05) is 48.6 Å². The van der Waals surface area contributed by atoms with Gasteiger partial charge in [0, 0.05) is 25.8 Å². The Bertz CT molecular complexity index is 716. The third-order valence-electron chi connectivity index (χ3n) is 3.99. The molecule has 0 unspecified atom stereocenters. The number of anilines is 2. The molecular formula is C20H24N4. The molecule has 124 valence electrons. The highest BCUT2D eigenvalue weighted by atomic mass is 15.4. The molecule has 2 rings (SSSR count). The highest BCUT2D eigenvalue weighted by Crippen LogP contribution is 2.19.